The lowest BCUT2D eigenvalue weighted by Gasteiger charge is -2.18. The van der Waals surface area contributed by atoms with Crippen molar-refractivity contribution < 1.29 is 19.1 Å². The molecule has 3 N–H and O–H groups in total. The summed E-state index contributed by atoms with van der Waals surface area (Å²) in [5.74, 6) is -0.816. The largest absolute Gasteiger partial charge is 0.469 e. The molecule has 0 heterocycles. The number of rotatable bonds is 7. The fourth-order valence-corrected chi connectivity index (χ4v) is 3.08. The van der Waals surface area contributed by atoms with E-state index in [4.69, 9.17) is 16.3 Å². The highest BCUT2D eigenvalue weighted by Crippen LogP contribution is 2.21. The maximum atomic E-state index is 12.8. The summed E-state index contributed by atoms with van der Waals surface area (Å²) in [6.45, 7) is 0. The van der Waals surface area contributed by atoms with Gasteiger partial charge in [-0.05, 0) is 54.1 Å². The molecule has 0 bridgehead atoms. The minimum atomic E-state index is -0.582. The molecule has 0 saturated carbocycles. The number of ether oxygens (including phenoxy) is 1. The molecule has 7 nitrogen and oxygen atoms in total. The number of methoxy groups -OCH3 is 1. The van der Waals surface area contributed by atoms with Crippen molar-refractivity contribution in [2.24, 2.45) is 0 Å². The lowest BCUT2D eigenvalue weighted by atomic mass is 10.0. The number of hydrogen-bond donors (Lipinski definition) is 3. The Labute approximate surface area is 190 Å². The highest BCUT2D eigenvalue weighted by atomic mass is 35.5. The molecule has 8 heteroatoms. The Bertz CT molecular complexity index is 1070. The van der Waals surface area contributed by atoms with Crippen molar-refractivity contribution in [2.45, 2.75) is 12.5 Å². The van der Waals surface area contributed by atoms with E-state index in [0.29, 0.717) is 22.0 Å². The van der Waals surface area contributed by atoms with Crippen molar-refractivity contribution in [3.8, 4) is 0 Å². The first-order chi connectivity index (χ1) is 15.4. The van der Waals surface area contributed by atoms with Gasteiger partial charge in [0.05, 0.1) is 19.6 Å². The first-order valence-electron chi connectivity index (χ1n) is 9.81. The topological polar surface area (TPSA) is 96.5 Å². The molecule has 0 fully saturated rings. The lowest BCUT2D eigenvalue weighted by Crippen LogP contribution is -2.30. The molecule has 164 valence electrons. The number of esters is 1. The van der Waals surface area contributed by atoms with Crippen molar-refractivity contribution in [1.82, 2.24) is 5.32 Å². The molecular weight excluding hydrogens is 430 g/mol. The molecule has 1 unspecified atom stereocenters. The highest BCUT2D eigenvalue weighted by Gasteiger charge is 2.20. The smallest absolute Gasteiger partial charge is 0.323 e. The van der Waals surface area contributed by atoms with Crippen LogP contribution >= 0.6 is 11.6 Å². The summed E-state index contributed by atoms with van der Waals surface area (Å²) in [6.07, 6.45) is -0.0246. The number of benzene rings is 3. The zero-order valence-corrected chi connectivity index (χ0v) is 18.1. The number of amides is 3. The van der Waals surface area contributed by atoms with Crippen molar-refractivity contribution in [3.63, 3.8) is 0 Å². The number of urea groups is 1. The summed E-state index contributed by atoms with van der Waals surface area (Å²) < 4.78 is 4.75. The van der Waals surface area contributed by atoms with Crippen molar-refractivity contribution >= 4 is 40.9 Å². The molecule has 0 aliphatic rings. The van der Waals surface area contributed by atoms with Crippen LogP contribution in [-0.4, -0.2) is 25.0 Å². The quantitative estimate of drug-likeness (QED) is 0.439. The standard InChI is InChI=1S/C24H22ClN3O4/c1-32-22(29)15-21(16-7-11-18(25)12-8-16)28-23(30)17-9-13-20(14-10-17)27-24(31)26-19-5-3-2-4-6-19/h2-14,21H,15H2,1H3,(H,28,30)(H2,26,27,31). The SMILES string of the molecule is COC(=O)CC(NC(=O)c1ccc(NC(=O)Nc2ccccc2)cc1)c1ccc(Cl)cc1. The summed E-state index contributed by atoms with van der Waals surface area (Å²) in [5, 5.41) is 8.82. The third-order valence-electron chi connectivity index (χ3n) is 4.61. The van der Waals surface area contributed by atoms with Crippen LogP contribution in [0.4, 0.5) is 16.2 Å². The van der Waals surface area contributed by atoms with Crippen LogP contribution in [0.1, 0.15) is 28.4 Å². The van der Waals surface area contributed by atoms with Crippen LogP contribution in [-0.2, 0) is 9.53 Å². The Morgan fingerprint density at radius 3 is 2.03 bits per heavy atom. The average Bonchev–Trinajstić information content (AvgIpc) is 2.80. The fraction of sp³-hybridized carbons (Fsp3) is 0.125. The van der Waals surface area contributed by atoms with E-state index >= 15 is 0 Å². The monoisotopic (exact) mass is 451 g/mol. The number of para-hydroxylation sites is 1. The van der Waals surface area contributed by atoms with Crippen molar-refractivity contribution in [3.05, 3.63) is 95.0 Å². The molecule has 1 atom stereocenters. The molecule has 0 spiro atoms. The van der Waals surface area contributed by atoms with E-state index in [0.717, 1.165) is 5.56 Å². The molecule has 3 aromatic rings. The van der Waals surface area contributed by atoms with E-state index in [9.17, 15) is 14.4 Å². The van der Waals surface area contributed by atoms with Gasteiger partial charge >= 0.3 is 12.0 Å². The number of nitrogens with one attached hydrogen (secondary N) is 3. The fourth-order valence-electron chi connectivity index (χ4n) is 2.96. The van der Waals surface area contributed by atoms with Gasteiger partial charge in [-0.3, -0.25) is 9.59 Å². The zero-order valence-electron chi connectivity index (χ0n) is 17.3. The number of carbonyl (C=O) groups is 3. The van der Waals surface area contributed by atoms with Gasteiger partial charge in [-0.25, -0.2) is 4.79 Å². The molecule has 3 amide bonds. The maximum absolute atomic E-state index is 12.8. The van der Waals surface area contributed by atoms with Crippen LogP contribution in [0.5, 0.6) is 0 Å². The van der Waals surface area contributed by atoms with Gasteiger partial charge in [0, 0.05) is 22.0 Å². The molecule has 0 aliphatic carbocycles. The van der Waals surface area contributed by atoms with Gasteiger partial charge in [0.25, 0.3) is 5.91 Å². The normalized spacial score (nSPS) is 11.2. The molecule has 32 heavy (non-hydrogen) atoms. The summed E-state index contributed by atoms with van der Waals surface area (Å²) in [7, 11) is 1.29. The van der Waals surface area contributed by atoms with Gasteiger partial charge in [-0.15, -0.1) is 0 Å². The second-order valence-electron chi connectivity index (χ2n) is 6.88. The van der Waals surface area contributed by atoms with Crippen LogP contribution in [0.25, 0.3) is 0 Å². The van der Waals surface area contributed by atoms with Gasteiger partial charge in [0.15, 0.2) is 0 Å². The van der Waals surface area contributed by atoms with E-state index < -0.39 is 18.0 Å². The summed E-state index contributed by atoms with van der Waals surface area (Å²) in [6, 6.07) is 21.4. The highest BCUT2D eigenvalue weighted by molar-refractivity contribution is 6.30. The third kappa shape index (κ3) is 6.58. The molecule has 3 aromatic carbocycles. The second kappa shape index (κ2) is 11.0. The molecule has 0 aromatic heterocycles. The minimum absolute atomic E-state index is 0.0246. The molecular formula is C24H22ClN3O4. The first kappa shape index (κ1) is 22.8. The lowest BCUT2D eigenvalue weighted by molar-refractivity contribution is -0.141. The molecule has 3 rings (SSSR count). The number of anilines is 2. The summed E-state index contributed by atoms with van der Waals surface area (Å²) in [5.41, 5.74) is 2.30. The van der Waals surface area contributed by atoms with Crippen LogP contribution in [0, 0.1) is 0 Å². The maximum Gasteiger partial charge on any atom is 0.323 e. The average molecular weight is 452 g/mol. The van der Waals surface area contributed by atoms with Gasteiger partial charge in [-0.1, -0.05) is 41.9 Å². The van der Waals surface area contributed by atoms with E-state index in [2.05, 4.69) is 16.0 Å². The Morgan fingerprint density at radius 1 is 0.844 bits per heavy atom. The molecule has 0 aliphatic heterocycles. The van der Waals surface area contributed by atoms with Crippen molar-refractivity contribution in [1.29, 1.82) is 0 Å². The van der Waals surface area contributed by atoms with Gasteiger partial charge < -0.3 is 20.7 Å². The van der Waals surface area contributed by atoms with Crippen LogP contribution < -0.4 is 16.0 Å². The minimum Gasteiger partial charge on any atom is -0.469 e. The van der Waals surface area contributed by atoms with E-state index in [1.165, 1.54) is 7.11 Å². The molecule has 0 radical (unpaired) electrons. The van der Waals surface area contributed by atoms with E-state index in [-0.39, 0.29) is 12.3 Å². The van der Waals surface area contributed by atoms with Crippen LogP contribution in [0.3, 0.4) is 0 Å². The van der Waals surface area contributed by atoms with E-state index in [1.807, 2.05) is 18.2 Å². The van der Waals surface area contributed by atoms with Crippen molar-refractivity contribution in [2.75, 3.05) is 17.7 Å². The molecule has 0 saturated heterocycles. The van der Waals surface area contributed by atoms with E-state index in [1.54, 1.807) is 60.7 Å². The first-order valence-corrected chi connectivity index (χ1v) is 10.2. The number of hydrogen-bond acceptors (Lipinski definition) is 4. The van der Waals surface area contributed by atoms with Gasteiger partial charge in [0.1, 0.15) is 0 Å². The Morgan fingerprint density at radius 2 is 1.44 bits per heavy atom. The summed E-state index contributed by atoms with van der Waals surface area (Å²) >= 11 is 5.93. The number of carbonyl (C=O) groups excluding carboxylic acids is 3. The van der Waals surface area contributed by atoms with Crippen LogP contribution in [0.15, 0.2) is 78.9 Å². The Hall–Kier alpha value is -3.84. The van der Waals surface area contributed by atoms with Gasteiger partial charge in [0.2, 0.25) is 0 Å². The Balaban J connectivity index is 1.64. The second-order valence-corrected chi connectivity index (χ2v) is 7.32. The number of halogens is 1. The third-order valence-corrected chi connectivity index (χ3v) is 4.86. The predicted molar refractivity (Wildman–Crippen MR) is 124 cm³/mol. The van der Waals surface area contributed by atoms with Gasteiger partial charge in [-0.2, -0.15) is 0 Å². The predicted octanol–water partition coefficient (Wildman–Crippen LogP) is 5.02. The Kier molecular flexibility index (Phi) is 7.83. The summed E-state index contributed by atoms with van der Waals surface area (Å²) in [4.78, 5) is 36.7. The zero-order chi connectivity index (χ0) is 22.9. The van der Waals surface area contributed by atoms with Crippen LogP contribution in [0.2, 0.25) is 5.02 Å².